The summed E-state index contributed by atoms with van der Waals surface area (Å²) in [7, 11) is 0. The van der Waals surface area contributed by atoms with E-state index in [1.807, 2.05) is 24.3 Å². The summed E-state index contributed by atoms with van der Waals surface area (Å²) in [6.07, 6.45) is 14.1. The van der Waals surface area contributed by atoms with Gasteiger partial charge in [0, 0.05) is 12.8 Å². The normalized spacial score (nSPS) is 29.9. The second-order valence-electron chi connectivity index (χ2n) is 6.43. The number of allylic oxidation sites excluding steroid dienone is 8. The second kappa shape index (κ2) is 6.88. The van der Waals surface area contributed by atoms with E-state index in [1.165, 1.54) is 6.92 Å². The molecule has 6 nitrogen and oxygen atoms in total. The fourth-order valence-corrected chi connectivity index (χ4v) is 3.75. The van der Waals surface area contributed by atoms with Crippen LogP contribution in [0.1, 0.15) is 13.8 Å². The monoisotopic (exact) mass is 355 g/mol. The molecule has 0 aromatic rings. The lowest BCUT2D eigenvalue weighted by molar-refractivity contribution is -0.166. The topological polar surface area (TPSA) is 92.7 Å². The van der Waals surface area contributed by atoms with E-state index in [2.05, 4.69) is 5.32 Å². The Bertz CT molecular complexity index is 801. The molecule has 0 aliphatic heterocycles. The molecule has 4 unspecified atom stereocenters. The Morgan fingerprint density at radius 2 is 1.85 bits per heavy atom. The van der Waals surface area contributed by atoms with Crippen molar-refractivity contribution in [3.8, 4) is 0 Å². The van der Waals surface area contributed by atoms with Crippen molar-refractivity contribution in [2.24, 2.45) is 11.8 Å². The zero-order chi connectivity index (χ0) is 18.9. The number of ketones is 1. The second-order valence-corrected chi connectivity index (χ2v) is 6.43. The van der Waals surface area contributed by atoms with Crippen molar-refractivity contribution >= 4 is 17.7 Å². The third kappa shape index (κ3) is 2.76. The van der Waals surface area contributed by atoms with Gasteiger partial charge in [-0.1, -0.05) is 48.6 Å². The predicted octanol–water partition coefficient (Wildman–Crippen LogP) is 1.15. The minimum atomic E-state index is -2.14. The highest BCUT2D eigenvalue weighted by Crippen LogP contribution is 2.45. The fraction of sp³-hybridized carbons (Fsp3) is 0.350. The quantitative estimate of drug-likeness (QED) is 0.738. The van der Waals surface area contributed by atoms with Gasteiger partial charge in [0.25, 0.3) is 0 Å². The molecular formula is C20H21NO5. The lowest BCUT2D eigenvalue weighted by Gasteiger charge is -2.45. The van der Waals surface area contributed by atoms with Crippen molar-refractivity contribution in [1.82, 2.24) is 5.32 Å². The number of aliphatic hydroxyl groups is 1. The van der Waals surface area contributed by atoms with E-state index in [0.29, 0.717) is 0 Å². The summed E-state index contributed by atoms with van der Waals surface area (Å²) in [5.41, 5.74) is -0.601. The van der Waals surface area contributed by atoms with Crippen molar-refractivity contribution in [2.45, 2.75) is 25.5 Å². The average molecular weight is 355 g/mol. The van der Waals surface area contributed by atoms with E-state index in [1.54, 1.807) is 31.2 Å². The summed E-state index contributed by atoms with van der Waals surface area (Å²) >= 11 is 0. The van der Waals surface area contributed by atoms with Crippen molar-refractivity contribution < 1.29 is 24.2 Å². The van der Waals surface area contributed by atoms with Gasteiger partial charge in [-0.15, -0.1) is 0 Å². The number of fused-ring (bicyclic) bond motifs is 2. The molecule has 0 bridgehead atoms. The molecule has 0 aromatic carbocycles. The standard InChI is InChI=1S/C20H21NO5/c1-3-26-19(24)17(21-12(2)22)20(25)16-11-7-6-9-14(16)13-8-4-5-10-15(13)18(20)23/h4-11,15-17,25H,3H2,1-2H3,(H,21,22). The predicted molar refractivity (Wildman–Crippen MR) is 94.8 cm³/mol. The van der Waals surface area contributed by atoms with Gasteiger partial charge in [0.15, 0.2) is 17.4 Å². The number of amides is 1. The van der Waals surface area contributed by atoms with Gasteiger partial charge >= 0.3 is 5.97 Å². The zero-order valence-electron chi connectivity index (χ0n) is 14.6. The summed E-state index contributed by atoms with van der Waals surface area (Å²) in [6.45, 7) is 2.92. The minimum Gasteiger partial charge on any atom is -0.464 e. The molecule has 1 amide bonds. The van der Waals surface area contributed by atoms with Gasteiger partial charge in [-0.05, 0) is 18.1 Å². The van der Waals surface area contributed by atoms with Crippen LogP contribution in [-0.4, -0.2) is 41.0 Å². The number of carbonyl (C=O) groups is 3. The van der Waals surface area contributed by atoms with Crippen LogP contribution in [0.25, 0.3) is 0 Å². The van der Waals surface area contributed by atoms with Crippen LogP contribution in [0.3, 0.4) is 0 Å². The third-order valence-electron chi connectivity index (χ3n) is 4.85. The third-order valence-corrected chi connectivity index (χ3v) is 4.85. The SMILES string of the molecule is CCOC(=O)C(NC(C)=O)C1(O)C(=O)C2C=CC=CC2=C2C=CC=CC21. The molecule has 6 heteroatoms. The molecule has 0 fully saturated rings. The molecule has 0 radical (unpaired) electrons. The molecular weight excluding hydrogens is 334 g/mol. The Morgan fingerprint density at radius 3 is 2.50 bits per heavy atom. The molecule has 26 heavy (non-hydrogen) atoms. The first-order valence-corrected chi connectivity index (χ1v) is 8.55. The molecule has 3 rings (SSSR count). The first-order chi connectivity index (χ1) is 12.4. The largest absolute Gasteiger partial charge is 0.464 e. The first-order valence-electron chi connectivity index (χ1n) is 8.55. The summed E-state index contributed by atoms with van der Waals surface area (Å²) in [6, 6.07) is -1.50. The van der Waals surface area contributed by atoms with Crippen LogP contribution in [0, 0.1) is 11.8 Å². The van der Waals surface area contributed by atoms with Gasteiger partial charge < -0.3 is 15.2 Å². The van der Waals surface area contributed by atoms with Crippen LogP contribution >= 0.6 is 0 Å². The summed E-state index contributed by atoms with van der Waals surface area (Å²) in [5, 5.41) is 14.0. The lowest BCUT2D eigenvalue weighted by Crippen LogP contribution is -2.67. The van der Waals surface area contributed by atoms with Crippen LogP contribution < -0.4 is 5.32 Å². The van der Waals surface area contributed by atoms with Crippen LogP contribution in [0.15, 0.2) is 59.8 Å². The number of hydrogen-bond acceptors (Lipinski definition) is 5. The zero-order valence-corrected chi connectivity index (χ0v) is 14.6. The Labute approximate surface area is 151 Å². The fourth-order valence-electron chi connectivity index (χ4n) is 3.75. The number of hydrogen-bond donors (Lipinski definition) is 2. The highest BCUT2D eigenvalue weighted by Gasteiger charge is 2.59. The number of carbonyl (C=O) groups excluding carboxylic acids is 3. The maximum absolute atomic E-state index is 13.3. The minimum absolute atomic E-state index is 0.0691. The van der Waals surface area contributed by atoms with Gasteiger partial charge in [-0.25, -0.2) is 4.79 Å². The van der Waals surface area contributed by atoms with Crippen molar-refractivity contribution in [1.29, 1.82) is 0 Å². The molecule has 0 aromatic heterocycles. The van der Waals surface area contributed by atoms with E-state index >= 15 is 0 Å². The van der Waals surface area contributed by atoms with Gasteiger partial charge in [0.2, 0.25) is 5.91 Å². The number of nitrogens with one attached hydrogen (secondary N) is 1. The van der Waals surface area contributed by atoms with Gasteiger partial charge in [0.05, 0.1) is 12.5 Å². The lowest BCUT2D eigenvalue weighted by atomic mass is 9.62. The maximum Gasteiger partial charge on any atom is 0.332 e. The number of Topliss-reactive ketones (excluding diaryl/α,β-unsaturated/α-hetero) is 1. The van der Waals surface area contributed by atoms with Crippen LogP contribution in [0.2, 0.25) is 0 Å². The molecule has 3 aliphatic carbocycles. The molecule has 0 spiro atoms. The molecule has 0 heterocycles. The Hall–Kier alpha value is -2.73. The van der Waals surface area contributed by atoms with Crippen LogP contribution in [-0.2, 0) is 19.1 Å². The summed E-state index contributed by atoms with van der Waals surface area (Å²) in [4.78, 5) is 37.5. The molecule has 2 N–H and O–H groups in total. The molecule has 4 atom stereocenters. The van der Waals surface area contributed by atoms with Gasteiger partial charge in [-0.2, -0.15) is 0 Å². The Balaban J connectivity index is 2.16. The number of ether oxygens (including phenoxy) is 1. The maximum atomic E-state index is 13.3. The highest BCUT2D eigenvalue weighted by molar-refractivity contribution is 6.02. The summed E-state index contributed by atoms with van der Waals surface area (Å²) < 4.78 is 5.03. The highest BCUT2D eigenvalue weighted by atomic mass is 16.5. The molecule has 0 saturated carbocycles. The average Bonchev–Trinajstić information content (AvgIpc) is 2.64. The van der Waals surface area contributed by atoms with E-state index in [9.17, 15) is 19.5 Å². The Morgan fingerprint density at radius 1 is 1.19 bits per heavy atom. The Kier molecular flexibility index (Phi) is 4.78. The molecule has 3 aliphatic rings. The van der Waals surface area contributed by atoms with Crippen molar-refractivity contribution in [2.75, 3.05) is 6.61 Å². The van der Waals surface area contributed by atoms with E-state index in [-0.39, 0.29) is 6.61 Å². The summed E-state index contributed by atoms with van der Waals surface area (Å²) in [5.74, 6) is -3.34. The van der Waals surface area contributed by atoms with Crippen molar-refractivity contribution in [3.63, 3.8) is 0 Å². The van der Waals surface area contributed by atoms with Crippen molar-refractivity contribution in [3.05, 3.63) is 59.8 Å². The van der Waals surface area contributed by atoms with E-state index in [4.69, 9.17) is 4.74 Å². The number of rotatable bonds is 4. The first kappa shape index (κ1) is 18.1. The molecule has 0 saturated heterocycles. The molecule has 136 valence electrons. The van der Waals surface area contributed by atoms with Gasteiger partial charge in [-0.3, -0.25) is 9.59 Å². The van der Waals surface area contributed by atoms with E-state index < -0.39 is 41.1 Å². The van der Waals surface area contributed by atoms with Gasteiger partial charge in [0.1, 0.15) is 0 Å². The number of esters is 1. The smallest absolute Gasteiger partial charge is 0.332 e. The van der Waals surface area contributed by atoms with Crippen LogP contribution in [0.4, 0.5) is 0 Å². The van der Waals surface area contributed by atoms with Crippen LogP contribution in [0.5, 0.6) is 0 Å². The van der Waals surface area contributed by atoms with E-state index in [0.717, 1.165) is 11.1 Å².